The van der Waals surface area contributed by atoms with E-state index < -0.39 is 0 Å². The Morgan fingerprint density at radius 3 is 2.78 bits per heavy atom. The maximum Gasteiger partial charge on any atom is 0.267 e. The van der Waals surface area contributed by atoms with E-state index in [0.717, 1.165) is 18.5 Å². The molecule has 3 aromatic heterocycles. The number of nitrogens with zero attached hydrogens (tertiary/aromatic N) is 5. The summed E-state index contributed by atoms with van der Waals surface area (Å²) in [4.78, 5) is 30.1. The fourth-order valence-corrected chi connectivity index (χ4v) is 3.47. The van der Waals surface area contributed by atoms with Gasteiger partial charge in [-0.1, -0.05) is 0 Å². The van der Waals surface area contributed by atoms with Gasteiger partial charge in [0.15, 0.2) is 0 Å². The highest BCUT2D eigenvalue weighted by Gasteiger charge is 2.39. The van der Waals surface area contributed by atoms with E-state index in [0.29, 0.717) is 28.2 Å². The summed E-state index contributed by atoms with van der Waals surface area (Å²) < 4.78 is 7.38. The number of furan rings is 1. The molecule has 3 aromatic rings. The van der Waals surface area contributed by atoms with E-state index in [-0.39, 0.29) is 17.5 Å². The molecule has 1 saturated carbocycles. The van der Waals surface area contributed by atoms with Gasteiger partial charge in [-0.3, -0.25) is 7.91 Å². The molecule has 1 amide bonds. The van der Waals surface area contributed by atoms with Gasteiger partial charge in [0.2, 0.25) is 5.71 Å². The molecule has 0 spiro atoms. The van der Waals surface area contributed by atoms with Crippen LogP contribution in [0.25, 0.3) is 11.1 Å². The first-order chi connectivity index (χ1) is 12.9. The number of carbonyl (C=O) groups is 1. The molecule has 1 atom stereocenters. The van der Waals surface area contributed by atoms with Crippen LogP contribution >= 0.6 is 22.9 Å². The summed E-state index contributed by atoms with van der Waals surface area (Å²) >= 11 is 2.02. The second-order valence-corrected chi connectivity index (χ2v) is 8.09. The predicted octanol–water partition coefficient (Wildman–Crippen LogP) is 3.84. The molecule has 1 aliphatic carbocycles. The Morgan fingerprint density at radius 1 is 1.33 bits per heavy atom. The van der Waals surface area contributed by atoms with Gasteiger partial charge in [-0.15, -0.1) is 0 Å². The maximum atomic E-state index is 13.3. The number of fused-ring (bicyclic) bond motifs is 1. The van der Waals surface area contributed by atoms with Crippen LogP contribution in [0.15, 0.2) is 29.3 Å². The summed E-state index contributed by atoms with van der Waals surface area (Å²) in [6.07, 6.45) is 6.74. The third-order valence-electron chi connectivity index (χ3n) is 4.87. The highest BCUT2D eigenvalue weighted by molar-refractivity contribution is 14.1. The second-order valence-electron chi connectivity index (χ2n) is 7.05. The van der Waals surface area contributed by atoms with Crippen molar-refractivity contribution < 1.29 is 9.21 Å². The molecule has 0 bridgehead atoms. The van der Waals surface area contributed by atoms with Crippen molar-refractivity contribution in [3.05, 3.63) is 41.9 Å². The Balaban J connectivity index is 1.74. The first-order valence-corrected chi connectivity index (χ1v) is 9.64. The van der Waals surface area contributed by atoms with Crippen molar-refractivity contribution in [3.63, 3.8) is 0 Å². The van der Waals surface area contributed by atoms with E-state index in [9.17, 15) is 4.79 Å². The minimum atomic E-state index is -0.229. The third kappa shape index (κ3) is 3.35. The lowest BCUT2D eigenvalue weighted by Crippen LogP contribution is -2.25. The fourth-order valence-electron chi connectivity index (χ4n) is 2.94. The average Bonchev–Trinajstić information content (AvgIpc) is 3.29. The molecular formula is C18H19IN6O2. The van der Waals surface area contributed by atoms with Gasteiger partial charge in [-0.2, -0.15) is 0 Å². The van der Waals surface area contributed by atoms with Crippen LogP contribution in [0.1, 0.15) is 54.5 Å². The van der Waals surface area contributed by atoms with Gasteiger partial charge in [-0.05, 0) is 39.7 Å². The number of hydrogen-bond acceptors (Lipinski definition) is 7. The zero-order valence-corrected chi connectivity index (χ0v) is 17.4. The molecule has 3 heterocycles. The molecule has 4 rings (SSSR count). The normalized spacial score (nSPS) is 16.1. The van der Waals surface area contributed by atoms with Gasteiger partial charge >= 0.3 is 0 Å². The number of carbonyl (C=O) groups excluding carboxylic acids is 1. The largest absolute Gasteiger partial charge is 0.442 e. The van der Waals surface area contributed by atoms with E-state index >= 15 is 0 Å². The highest BCUT2D eigenvalue weighted by Crippen LogP contribution is 2.40. The number of halogens is 1. The number of amides is 1. The second kappa shape index (κ2) is 6.70. The Kier molecular flexibility index (Phi) is 4.49. The molecule has 1 unspecified atom stereocenters. The molecule has 1 fully saturated rings. The summed E-state index contributed by atoms with van der Waals surface area (Å²) in [6, 6.07) is 1.57. The van der Waals surface area contributed by atoms with Crippen LogP contribution in [0, 0.1) is 6.92 Å². The number of aryl methyl sites for hydroxylation is 1. The Morgan fingerprint density at radius 2 is 2.11 bits per heavy atom. The Labute approximate surface area is 170 Å². The minimum absolute atomic E-state index is 0.0189. The van der Waals surface area contributed by atoms with Gasteiger partial charge < -0.3 is 9.73 Å². The Hall–Kier alpha value is -2.30. The van der Waals surface area contributed by atoms with Crippen molar-refractivity contribution in [1.29, 1.82) is 0 Å². The van der Waals surface area contributed by atoms with Crippen molar-refractivity contribution in [2.45, 2.75) is 45.2 Å². The summed E-state index contributed by atoms with van der Waals surface area (Å²) in [7, 11) is 0. The molecule has 0 saturated heterocycles. The van der Waals surface area contributed by atoms with Crippen LogP contribution in [0.4, 0.5) is 5.82 Å². The van der Waals surface area contributed by atoms with Crippen molar-refractivity contribution >= 4 is 45.7 Å². The summed E-state index contributed by atoms with van der Waals surface area (Å²) in [5.74, 6) is 0.993. The molecule has 140 valence electrons. The third-order valence-corrected chi connectivity index (χ3v) is 6.14. The van der Waals surface area contributed by atoms with Gasteiger partial charge in [0.25, 0.3) is 5.91 Å². The SMILES string of the molecule is Cc1oc2ncnc(NC3(C)CC3)c2c1C(=O)N(I)C(C)c1ccncn1. The molecule has 1 N–H and O–H groups in total. The number of nitrogens with one attached hydrogen (secondary N) is 1. The number of anilines is 1. The van der Waals surface area contributed by atoms with E-state index in [1.54, 1.807) is 22.3 Å². The minimum Gasteiger partial charge on any atom is -0.442 e. The monoisotopic (exact) mass is 478 g/mol. The lowest BCUT2D eigenvalue weighted by Gasteiger charge is -2.22. The van der Waals surface area contributed by atoms with Crippen molar-refractivity contribution in [2.24, 2.45) is 0 Å². The molecule has 1 aliphatic rings. The zero-order valence-electron chi connectivity index (χ0n) is 15.2. The zero-order chi connectivity index (χ0) is 19.2. The van der Waals surface area contributed by atoms with E-state index in [1.807, 2.05) is 29.8 Å². The first kappa shape index (κ1) is 18.1. The smallest absolute Gasteiger partial charge is 0.267 e. The number of aromatic nitrogens is 4. The van der Waals surface area contributed by atoms with E-state index in [4.69, 9.17) is 4.42 Å². The quantitative estimate of drug-likeness (QED) is 0.440. The molecular weight excluding hydrogens is 459 g/mol. The van der Waals surface area contributed by atoms with E-state index in [2.05, 4.69) is 32.2 Å². The number of hydrogen-bond donors (Lipinski definition) is 1. The molecule has 8 nitrogen and oxygen atoms in total. The fraction of sp³-hybridized carbons (Fsp3) is 0.389. The molecule has 0 aliphatic heterocycles. The number of rotatable bonds is 5. The summed E-state index contributed by atoms with van der Waals surface area (Å²) in [5.41, 5.74) is 1.67. The molecule has 9 heteroatoms. The topological polar surface area (TPSA) is 97.0 Å². The highest BCUT2D eigenvalue weighted by atomic mass is 127. The van der Waals surface area contributed by atoms with Crippen LogP contribution in [0.5, 0.6) is 0 Å². The standard InChI is InChI=1S/C18H19IN6O2/c1-10(12-4-7-20-8-21-12)25(19)17(26)13-11(2)27-16-14(13)15(22-9-23-16)24-18(3)5-6-18/h4,7-10H,5-6H2,1-3H3,(H,22,23,24). The summed E-state index contributed by atoms with van der Waals surface area (Å²) in [5, 5.41) is 4.07. The molecule has 27 heavy (non-hydrogen) atoms. The van der Waals surface area contributed by atoms with Crippen molar-refractivity contribution in [1.82, 2.24) is 23.0 Å². The van der Waals surface area contributed by atoms with Crippen LogP contribution in [-0.2, 0) is 0 Å². The van der Waals surface area contributed by atoms with Crippen molar-refractivity contribution in [3.8, 4) is 0 Å². The molecule has 0 radical (unpaired) electrons. The van der Waals surface area contributed by atoms with Crippen molar-refractivity contribution in [2.75, 3.05) is 5.32 Å². The van der Waals surface area contributed by atoms with Gasteiger partial charge in [0.1, 0.15) is 24.2 Å². The van der Waals surface area contributed by atoms with Crippen LogP contribution in [0.2, 0.25) is 0 Å². The van der Waals surface area contributed by atoms with Crippen LogP contribution in [0.3, 0.4) is 0 Å². The predicted molar refractivity (Wildman–Crippen MR) is 108 cm³/mol. The van der Waals surface area contributed by atoms with Gasteiger partial charge in [0.05, 0.1) is 45.6 Å². The van der Waals surface area contributed by atoms with E-state index in [1.165, 1.54) is 12.7 Å². The van der Waals surface area contributed by atoms with Gasteiger partial charge in [-0.25, -0.2) is 19.9 Å². The average molecular weight is 478 g/mol. The summed E-state index contributed by atoms with van der Waals surface area (Å²) in [6.45, 7) is 5.83. The molecule has 0 aromatic carbocycles. The van der Waals surface area contributed by atoms with Crippen LogP contribution < -0.4 is 5.32 Å². The first-order valence-electron chi connectivity index (χ1n) is 8.67. The lowest BCUT2D eigenvalue weighted by molar-refractivity contribution is 0.0860. The lowest BCUT2D eigenvalue weighted by atomic mass is 10.1. The maximum absolute atomic E-state index is 13.3. The van der Waals surface area contributed by atoms with Crippen LogP contribution in [-0.4, -0.2) is 34.5 Å². The Bertz CT molecular complexity index is 1000. The van der Waals surface area contributed by atoms with Gasteiger partial charge in [0, 0.05) is 11.7 Å².